The van der Waals surface area contributed by atoms with Gasteiger partial charge in [-0.3, -0.25) is 4.79 Å². The Kier molecular flexibility index (Phi) is 6.18. The van der Waals surface area contributed by atoms with Gasteiger partial charge in [-0.15, -0.1) is 0 Å². The smallest absolute Gasteiger partial charge is 0.304 e. The molecule has 0 amide bonds. The Morgan fingerprint density at radius 3 is 2.35 bits per heavy atom. The van der Waals surface area contributed by atoms with Gasteiger partial charge in [-0.25, -0.2) is 8.42 Å². The Bertz CT molecular complexity index is 392. The summed E-state index contributed by atoms with van der Waals surface area (Å²) in [6.45, 7) is 3.62. The van der Waals surface area contributed by atoms with Gasteiger partial charge >= 0.3 is 5.97 Å². The van der Waals surface area contributed by atoms with E-state index in [4.69, 9.17) is 10.4 Å². The molecule has 0 spiro atoms. The number of rotatable bonds is 8. The molecule has 0 unspecified atom stereocenters. The quantitative estimate of drug-likeness (QED) is 0.669. The van der Waals surface area contributed by atoms with E-state index in [0.717, 1.165) is 0 Å². The maximum absolute atomic E-state index is 11.4. The summed E-state index contributed by atoms with van der Waals surface area (Å²) in [5, 5.41) is 17.2. The molecule has 0 bridgehead atoms. The lowest BCUT2D eigenvalue weighted by molar-refractivity contribution is -0.136. The van der Waals surface area contributed by atoms with Crippen LogP contribution in [0.5, 0.6) is 0 Å². The maximum Gasteiger partial charge on any atom is 0.304 e. The molecule has 0 saturated carbocycles. The molecule has 0 fully saturated rings. The van der Waals surface area contributed by atoms with Gasteiger partial charge in [-0.1, -0.05) is 6.42 Å². The van der Waals surface area contributed by atoms with Crippen molar-refractivity contribution in [2.45, 2.75) is 39.5 Å². The van der Waals surface area contributed by atoms with Gasteiger partial charge in [0.05, 0.1) is 29.4 Å². The van der Waals surface area contributed by atoms with Gasteiger partial charge in [0.2, 0.25) is 0 Å². The number of unbranched alkanes of at least 4 members (excludes halogenated alkanes) is 1. The molecule has 0 saturated heterocycles. The largest absolute Gasteiger partial charge is 0.481 e. The number of carbonyl (C=O) groups is 1. The van der Waals surface area contributed by atoms with Crippen LogP contribution in [0, 0.1) is 16.7 Å². The van der Waals surface area contributed by atoms with Crippen LogP contribution >= 0.6 is 0 Å². The predicted molar refractivity (Wildman–Crippen MR) is 64.2 cm³/mol. The lowest BCUT2D eigenvalue weighted by atomic mass is 9.89. The van der Waals surface area contributed by atoms with E-state index >= 15 is 0 Å². The Balaban J connectivity index is 3.89. The summed E-state index contributed by atoms with van der Waals surface area (Å²) in [6, 6.07) is 2.15. The second kappa shape index (κ2) is 6.60. The number of aliphatic carboxylic acids is 1. The number of hydrogen-bond donors (Lipinski definition) is 1. The van der Waals surface area contributed by atoms with E-state index in [9.17, 15) is 13.2 Å². The zero-order chi connectivity index (χ0) is 13.5. The van der Waals surface area contributed by atoms with Crippen LogP contribution in [-0.2, 0) is 14.6 Å². The summed E-state index contributed by atoms with van der Waals surface area (Å²) in [6.07, 6.45) is 1.45. The lowest BCUT2D eigenvalue weighted by Crippen LogP contribution is -2.15. The first-order valence-corrected chi connectivity index (χ1v) is 7.34. The van der Waals surface area contributed by atoms with Crippen molar-refractivity contribution >= 4 is 15.8 Å². The monoisotopic (exact) mass is 261 g/mol. The third kappa shape index (κ3) is 8.69. The number of carboxylic acid groups (broad SMARTS) is 1. The molecule has 0 rings (SSSR count). The van der Waals surface area contributed by atoms with Crippen LogP contribution in [0.4, 0.5) is 0 Å². The van der Waals surface area contributed by atoms with Crippen LogP contribution in [0.3, 0.4) is 0 Å². The molecule has 17 heavy (non-hydrogen) atoms. The standard InChI is InChI=1S/C11H19NO4S/c1-11(2,9-12)6-3-4-7-17(15,16)8-5-10(13)14/h3-8H2,1-2H3,(H,13,14). The van der Waals surface area contributed by atoms with Crippen molar-refractivity contribution in [1.29, 1.82) is 5.26 Å². The van der Waals surface area contributed by atoms with E-state index in [0.29, 0.717) is 19.3 Å². The minimum atomic E-state index is -3.26. The molecule has 0 heterocycles. The van der Waals surface area contributed by atoms with Crippen molar-refractivity contribution in [3.05, 3.63) is 0 Å². The summed E-state index contributed by atoms with van der Waals surface area (Å²) < 4.78 is 22.8. The van der Waals surface area contributed by atoms with E-state index in [1.807, 2.05) is 13.8 Å². The van der Waals surface area contributed by atoms with Gasteiger partial charge in [-0.2, -0.15) is 5.26 Å². The van der Waals surface area contributed by atoms with E-state index in [2.05, 4.69) is 6.07 Å². The molecule has 6 heteroatoms. The SMILES string of the molecule is CC(C)(C#N)CCCCS(=O)(=O)CCC(=O)O. The van der Waals surface area contributed by atoms with Crippen LogP contribution in [0.1, 0.15) is 39.5 Å². The Morgan fingerprint density at radius 1 is 1.29 bits per heavy atom. The average molecular weight is 261 g/mol. The first-order chi connectivity index (χ1) is 7.68. The molecule has 0 atom stereocenters. The van der Waals surface area contributed by atoms with Gasteiger partial charge in [0.25, 0.3) is 0 Å². The van der Waals surface area contributed by atoms with Crippen LogP contribution in [-0.4, -0.2) is 31.0 Å². The summed E-state index contributed by atoms with van der Waals surface area (Å²) in [5.41, 5.74) is -0.426. The van der Waals surface area contributed by atoms with E-state index in [1.165, 1.54) is 0 Å². The first-order valence-electron chi connectivity index (χ1n) is 5.52. The number of nitriles is 1. The highest BCUT2D eigenvalue weighted by molar-refractivity contribution is 7.91. The molecular formula is C11H19NO4S. The molecule has 0 radical (unpaired) electrons. The molecule has 5 nitrogen and oxygen atoms in total. The van der Waals surface area contributed by atoms with Crippen molar-refractivity contribution < 1.29 is 18.3 Å². The minimum Gasteiger partial charge on any atom is -0.481 e. The first kappa shape index (κ1) is 15.9. The van der Waals surface area contributed by atoms with Gasteiger partial charge < -0.3 is 5.11 Å². The Morgan fingerprint density at radius 2 is 1.88 bits per heavy atom. The normalized spacial score (nSPS) is 12.1. The van der Waals surface area contributed by atoms with E-state index < -0.39 is 21.2 Å². The number of carboxylic acids is 1. The lowest BCUT2D eigenvalue weighted by Gasteiger charge is -2.14. The molecule has 0 aromatic rings. The molecule has 0 aliphatic rings. The van der Waals surface area contributed by atoms with Gasteiger partial charge in [-0.05, 0) is 26.7 Å². The summed E-state index contributed by atoms with van der Waals surface area (Å²) in [4.78, 5) is 10.2. The van der Waals surface area contributed by atoms with Crippen LogP contribution in [0.2, 0.25) is 0 Å². The number of sulfone groups is 1. The van der Waals surface area contributed by atoms with E-state index in [-0.39, 0.29) is 17.9 Å². The zero-order valence-electron chi connectivity index (χ0n) is 10.3. The molecule has 0 aromatic heterocycles. The van der Waals surface area contributed by atoms with Crippen LogP contribution in [0.15, 0.2) is 0 Å². The third-order valence-electron chi connectivity index (χ3n) is 2.44. The summed E-state index contributed by atoms with van der Waals surface area (Å²) >= 11 is 0. The Labute approximate surface area is 102 Å². The fourth-order valence-corrected chi connectivity index (χ4v) is 2.62. The fourth-order valence-electron chi connectivity index (χ4n) is 1.29. The van der Waals surface area contributed by atoms with Gasteiger partial charge in [0.15, 0.2) is 9.84 Å². The average Bonchev–Trinajstić information content (AvgIpc) is 2.22. The van der Waals surface area contributed by atoms with Crippen LogP contribution < -0.4 is 0 Å². The summed E-state index contributed by atoms with van der Waals surface area (Å²) in [7, 11) is -3.26. The van der Waals surface area contributed by atoms with Gasteiger partial charge in [0.1, 0.15) is 0 Å². The second-order valence-corrected chi connectivity index (χ2v) is 7.05. The molecule has 1 N–H and O–H groups in total. The van der Waals surface area contributed by atoms with Crippen molar-refractivity contribution in [3.63, 3.8) is 0 Å². The zero-order valence-corrected chi connectivity index (χ0v) is 11.1. The van der Waals surface area contributed by atoms with Gasteiger partial charge in [0, 0.05) is 0 Å². The second-order valence-electron chi connectivity index (χ2n) is 4.75. The van der Waals surface area contributed by atoms with Crippen molar-refractivity contribution in [2.24, 2.45) is 5.41 Å². The van der Waals surface area contributed by atoms with Crippen LogP contribution in [0.25, 0.3) is 0 Å². The van der Waals surface area contributed by atoms with Crippen molar-refractivity contribution in [2.75, 3.05) is 11.5 Å². The predicted octanol–water partition coefficient (Wildman–Crippen LogP) is 1.60. The number of hydrogen-bond acceptors (Lipinski definition) is 4. The van der Waals surface area contributed by atoms with E-state index in [1.54, 1.807) is 0 Å². The summed E-state index contributed by atoms with van der Waals surface area (Å²) in [5.74, 6) is -1.40. The van der Waals surface area contributed by atoms with Crippen molar-refractivity contribution in [1.82, 2.24) is 0 Å². The number of nitrogens with zero attached hydrogens (tertiary/aromatic N) is 1. The molecule has 0 aliphatic heterocycles. The molecule has 98 valence electrons. The maximum atomic E-state index is 11.4. The highest BCUT2D eigenvalue weighted by atomic mass is 32.2. The van der Waals surface area contributed by atoms with Crippen molar-refractivity contribution in [3.8, 4) is 6.07 Å². The minimum absolute atomic E-state index is 0.00177. The highest BCUT2D eigenvalue weighted by Gasteiger charge is 2.17. The molecule has 0 aromatic carbocycles. The molecule has 0 aliphatic carbocycles. The molecular weight excluding hydrogens is 242 g/mol. The Hall–Kier alpha value is -1.09. The topological polar surface area (TPSA) is 95.2 Å². The fraction of sp³-hybridized carbons (Fsp3) is 0.818. The third-order valence-corrected chi connectivity index (χ3v) is 4.17. The highest BCUT2D eigenvalue weighted by Crippen LogP contribution is 2.21.